The van der Waals surface area contributed by atoms with Gasteiger partial charge in [-0.1, -0.05) is 6.07 Å². The molecule has 0 saturated carbocycles. The van der Waals surface area contributed by atoms with E-state index < -0.39 is 0 Å². The van der Waals surface area contributed by atoms with Crippen LogP contribution in [0.3, 0.4) is 0 Å². The van der Waals surface area contributed by atoms with Crippen molar-refractivity contribution in [1.29, 1.82) is 0 Å². The van der Waals surface area contributed by atoms with Crippen molar-refractivity contribution in [3.05, 3.63) is 36.5 Å². The number of hydrogen-bond donors (Lipinski definition) is 3. The number of pyridine rings is 2. The largest absolute Gasteiger partial charge is 0.381 e. The van der Waals surface area contributed by atoms with Crippen LogP contribution in [-0.4, -0.2) is 48.2 Å². The van der Waals surface area contributed by atoms with Crippen LogP contribution in [0, 0.1) is 11.8 Å². The van der Waals surface area contributed by atoms with Crippen LogP contribution in [0.1, 0.15) is 32.6 Å². The lowest BCUT2D eigenvalue weighted by atomic mass is 9.95. The third kappa shape index (κ3) is 5.55. The molecule has 2 aromatic rings. The van der Waals surface area contributed by atoms with Gasteiger partial charge in [0.25, 0.3) is 0 Å². The van der Waals surface area contributed by atoms with Crippen molar-refractivity contribution in [2.75, 3.05) is 36.9 Å². The molecule has 30 heavy (non-hydrogen) atoms. The van der Waals surface area contributed by atoms with Gasteiger partial charge < -0.3 is 20.7 Å². The average molecular weight is 410 g/mol. The molecule has 4 heterocycles. The molecule has 0 radical (unpaired) electrons. The number of nitrogens with one attached hydrogen (secondary N) is 3. The lowest BCUT2D eigenvalue weighted by Gasteiger charge is -2.26. The van der Waals surface area contributed by atoms with Gasteiger partial charge in [0.1, 0.15) is 11.6 Å². The molecule has 3 N–H and O–H groups in total. The molecule has 2 aromatic heterocycles. The van der Waals surface area contributed by atoms with Crippen molar-refractivity contribution < 1.29 is 9.53 Å². The van der Waals surface area contributed by atoms with Crippen molar-refractivity contribution in [2.24, 2.45) is 11.8 Å². The lowest BCUT2D eigenvalue weighted by molar-refractivity contribution is -0.120. The van der Waals surface area contributed by atoms with E-state index in [2.05, 4.69) is 27.9 Å². The molecule has 4 rings (SSSR count). The van der Waals surface area contributed by atoms with Crippen molar-refractivity contribution in [1.82, 2.24) is 15.3 Å². The molecule has 0 aromatic carbocycles. The van der Waals surface area contributed by atoms with Gasteiger partial charge in [0.2, 0.25) is 5.91 Å². The van der Waals surface area contributed by atoms with E-state index in [4.69, 9.17) is 9.72 Å². The molecule has 2 atom stereocenters. The Kier molecular flexibility index (Phi) is 6.92. The van der Waals surface area contributed by atoms with Crippen LogP contribution in [0.15, 0.2) is 36.5 Å². The number of rotatable bonds is 6. The van der Waals surface area contributed by atoms with E-state index in [9.17, 15) is 4.79 Å². The van der Waals surface area contributed by atoms with E-state index in [1.54, 1.807) is 6.20 Å². The first-order chi connectivity index (χ1) is 14.7. The molecule has 1 amide bonds. The molecule has 2 aliphatic rings. The van der Waals surface area contributed by atoms with Gasteiger partial charge in [-0.2, -0.15) is 0 Å². The van der Waals surface area contributed by atoms with Crippen LogP contribution in [0.25, 0.3) is 11.3 Å². The maximum atomic E-state index is 12.6. The molecular weight excluding hydrogens is 378 g/mol. The number of piperidine rings is 1. The summed E-state index contributed by atoms with van der Waals surface area (Å²) in [6.07, 6.45) is 5.83. The summed E-state index contributed by atoms with van der Waals surface area (Å²) in [4.78, 5) is 21.7. The summed E-state index contributed by atoms with van der Waals surface area (Å²) in [6, 6.07) is 10.3. The Hall–Kier alpha value is -2.51. The lowest BCUT2D eigenvalue weighted by Crippen LogP contribution is -2.41. The molecule has 2 fully saturated rings. The summed E-state index contributed by atoms with van der Waals surface area (Å²) in [5, 5.41) is 9.81. The molecule has 2 saturated heterocycles. The number of nitrogens with zero attached hydrogens (tertiary/aromatic N) is 2. The first kappa shape index (κ1) is 20.8. The monoisotopic (exact) mass is 409 g/mol. The highest BCUT2D eigenvalue weighted by atomic mass is 16.5. The number of carbonyl (C=O) groups is 1. The van der Waals surface area contributed by atoms with Crippen molar-refractivity contribution in [3.8, 4) is 11.3 Å². The van der Waals surface area contributed by atoms with Gasteiger partial charge in [-0.25, -0.2) is 9.97 Å². The van der Waals surface area contributed by atoms with E-state index in [-0.39, 0.29) is 11.8 Å². The van der Waals surface area contributed by atoms with Crippen LogP contribution < -0.4 is 16.0 Å². The molecule has 0 spiro atoms. The van der Waals surface area contributed by atoms with Crippen LogP contribution >= 0.6 is 0 Å². The maximum absolute atomic E-state index is 12.6. The molecule has 2 aliphatic heterocycles. The Labute approximate surface area is 178 Å². The third-order valence-corrected chi connectivity index (χ3v) is 6.00. The summed E-state index contributed by atoms with van der Waals surface area (Å²) in [6.45, 7) is 5.47. The summed E-state index contributed by atoms with van der Waals surface area (Å²) >= 11 is 0. The molecule has 0 aliphatic carbocycles. The number of ether oxygens (including phenoxy) is 1. The van der Waals surface area contributed by atoms with E-state index in [0.717, 1.165) is 69.1 Å². The molecular formula is C23H31N5O2. The normalized spacial score (nSPS) is 22.4. The fourth-order valence-corrected chi connectivity index (χ4v) is 4.00. The Morgan fingerprint density at radius 1 is 1.17 bits per heavy atom. The molecule has 7 heteroatoms. The molecule has 2 unspecified atom stereocenters. The van der Waals surface area contributed by atoms with Gasteiger partial charge in [-0.3, -0.25) is 4.79 Å². The fraction of sp³-hybridized carbons (Fsp3) is 0.522. The molecule has 160 valence electrons. The second-order valence-electron chi connectivity index (χ2n) is 8.35. The Morgan fingerprint density at radius 2 is 2.03 bits per heavy atom. The minimum Gasteiger partial charge on any atom is -0.381 e. The second-order valence-corrected chi connectivity index (χ2v) is 8.35. The SMILES string of the molecule is CC1CCC(C(=O)Nc2cc(-c3cccc(NCC4CCOCC4)n3)ccn2)CN1. The fourth-order valence-electron chi connectivity index (χ4n) is 4.00. The van der Waals surface area contributed by atoms with E-state index in [0.29, 0.717) is 17.8 Å². The van der Waals surface area contributed by atoms with Crippen molar-refractivity contribution >= 4 is 17.5 Å². The Morgan fingerprint density at radius 3 is 2.83 bits per heavy atom. The van der Waals surface area contributed by atoms with E-state index in [1.165, 1.54) is 0 Å². The minimum absolute atomic E-state index is 0.0116. The van der Waals surface area contributed by atoms with Crippen LogP contribution in [0.5, 0.6) is 0 Å². The first-order valence-electron chi connectivity index (χ1n) is 11.0. The molecule has 0 bridgehead atoms. The van der Waals surface area contributed by atoms with E-state index in [1.807, 2.05) is 30.3 Å². The van der Waals surface area contributed by atoms with Gasteiger partial charge in [0, 0.05) is 44.1 Å². The van der Waals surface area contributed by atoms with Gasteiger partial charge in [0.15, 0.2) is 0 Å². The quantitative estimate of drug-likeness (QED) is 0.678. The minimum atomic E-state index is -0.0116. The number of amides is 1. The van der Waals surface area contributed by atoms with Gasteiger partial charge in [-0.05, 0) is 62.8 Å². The summed E-state index contributed by atoms with van der Waals surface area (Å²) < 4.78 is 5.43. The van der Waals surface area contributed by atoms with Crippen LogP contribution in [0.4, 0.5) is 11.6 Å². The smallest absolute Gasteiger partial charge is 0.229 e. The second kappa shape index (κ2) is 10.00. The number of anilines is 2. The number of hydrogen-bond acceptors (Lipinski definition) is 6. The average Bonchev–Trinajstić information content (AvgIpc) is 2.79. The van der Waals surface area contributed by atoms with Gasteiger partial charge >= 0.3 is 0 Å². The zero-order chi connectivity index (χ0) is 20.8. The van der Waals surface area contributed by atoms with Gasteiger partial charge in [0.05, 0.1) is 11.6 Å². The summed E-state index contributed by atoms with van der Waals surface area (Å²) in [5.41, 5.74) is 1.79. The Bertz CT molecular complexity index is 845. The van der Waals surface area contributed by atoms with Crippen LogP contribution in [-0.2, 0) is 9.53 Å². The summed E-state index contributed by atoms with van der Waals surface area (Å²) in [7, 11) is 0. The number of carbonyl (C=O) groups excluding carboxylic acids is 1. The van der Waals surface area contributed by atoms with Gasteiger partial charge in [-0.15, -0.1) is 0 Å². The zero-order valence-corrected chi connectivity index (χ0v) is 17.6. The topological polar surface area (TPSA) is 88.2 Å². The van der Waals surface area contributed by atoms with Crippen LogP contribution in [0.2, 0.25) is 0 Å². The maximum Gasteiger partial charge on any atom is 0.229 e. The highest BCUT2D eigenvalue weighted by Crippen LogP contribution is 2.23. The highest BCUT2D eigenvalue weighted by Gasteiger charge is 2.24. The van der Waals surface area contributed by atoms with E-state index >= 15 is 0 Å². The van der Waals surface area contributed by atoms with Crippen molar-refractivity contribution in [3.63, 3.8) is 0 Å². The molecule has 7 nitrogen and oxygen atoms in total. The Balaban J connectivity index is 1.38. The zero-order valence-electron chi connectivity index (χ0n) is 17.6. The third-order valence-electron chi connectivity index (χ3n) is 6.00. The predicted octanol–water partition coefficient (Wildman–Crippen LogP) is 3.31. The standard InChI is InChI=1S/C23H31N5O2/c1-16-5-6-19(15-25-16)23(29)28-22-13-18(7-10-24-22)20-3-2-4-21(27-20)26-14-17-8-11-30-12-9-17/h2-4,7,10,13,16-17,19,25H,5-6,8-9,11-12,14-15H2,1H3,(H,26,27)(H,24,28,29). The first-order valence-corrected chi connectivity index (χ1v) is 11.0. The van der Waals surface area contributed by atoms with Crippen molar-refractivity contribution in [2.45, 2.75) is 38.6 Å². The highest BCUT2D eigenvalue weighted by molar-refractivity contribution is 5.92. The number of aromatic nitrogens is 2. The summed E-state index contributed by atoms with van der Waals surface area (Å²) in [5.74, 6) is 2.08. The predicted molar refractivity (Wildman–Crippen MR) is 118 cm³/mol.